The minimum atomic E-state index is -0.118. The van der Waals surface area contributed by atoms with Gasteiger partial charge >= 0.3 is 0 Å². The summed E-state index contributed by atoms with van der Waals surface area (Å²) >= 11 is 0. The number of hydrogen-bond donors (Lipinski definition) is 3. The number of rotatable bonds is 0. The molecule has 1 aliphatic rings. The Hall–Kier alpha value is -2.23. The Bertz CT molecular complexity index is 591. The van der Waals surface area contributed by atoms with Crippen molar-refractivity contribution in [2.45, 2.75) is 0 Å². The molecule has 0 spiro atoms. The van der Waals surface area contributed by atoms with Gasteiger partial charge in [-0.25, -0.2) is 4.98 Å². The van der Waals surface area contributed by atoms with E-state index in [0.29, 0.717) is 5.52 Å². The lowest BCUT2D eigenvalue weighted by molar-refractivity contribution is -0.345. The molecule has 2 aromatic rings. The molecule has 4 N–H and O–H groups in total. The van der Waals surface area contributed by atoms with Crippen molar-refractivity contribution >= 4 is 22.7 Å². The summed E-state index contributed by atoms with van der Waals surface area (Å²) in [6.45, 7) is 0. The topological polar surface area (TPSA) is 66.6 Å². The van der Waals surface area contributed by atoms with E-state index in [9.17, 15) is 10.2 Å². The maximum absolute atomic E-state index is 9.69. The summed E-state index contributed by atoms with van der Waals surface area (Å²) in [5, 5.41) is 23.2. The summed E-state index contributed by atoms with van der Waals surface area (Å²) in [5.74, 6) is -0.231. The summed E-state index contributed by atoms with van der Waals surface area (Å²) in [4.78, 5) is 2.93. The molecule has 0 saturated carbocycles. The van der Waals surface area contributed by atoms with Gasteiger partial charge in [0, 0.05) is 12.3 Å². The van der Waals surface area contributed by atoms with Crippen LogP contribution in [0.2, 0.25) is 0 Å². The average molecular weight is 201 g/mol. The minimum Gasteiger partial charge on any atom is -0.504 e. The van der Waals surface area contributed by atoms with E-state index in [-0.39, 0.29) is 11.5 Å². The zero-order valence-electron chi connectivity index (χ0n) is 7.78. The first kappa shape index (κ1) is 8.11. The predicted octanol–water partition coefficient (Wildman–Crippen LogP) is 1.46. The van der Waals surface area contributed by atoms with Gasteiger partial charge in [0.15, 0.2) is 11.9 Å². The number of aromatic hydroxyl groups is 2. The quantitative estimate of drug-likeness (QED) is 0.565. The summed E-state index contributed by atoms with van der Waals surface area (Å²) in [7, 11) is 0. The molecule has 0 fully saturated rings. The Morgan fingerprint density at radius 2 is 2.13 bits per heavy atom. The first-order valence-electron chi connectivity index (χ1n) is 4.60. The molecular weight excluding hydrogens is 192 g/mol. The van der Waals surface area contributed by atoms with Gasteiger partial charge in [-0.05, 0) is 17.7 Å². The van der Waals surface area contributed by atoms with Crippen molar-refractivity contribution in [3.8, 4) is 11.5 Å². The molecule has 0 radical (unpaired) electrons. The standard InChI is InChI=1S/C11H8N2O2/c14-8-5-6-1-3-12-7-2-4-13-10(9(6)7)11(8)15/h1-5,12,14-15H/p+1. The maximum atomic E-state index is 9.69. The molecule has 4 nitrogen and oxygen atoms in total. The fourth-order valence-corrected chi connectivity index (χ4v) is 1.87. The van der Waals surface area contributed by atoms with Crippen molar-refractivity contribution in [2.75, 3.05) is 5.32 Å². The molecule has 0 amide bonds. The summed E-state index contributed by atoms with van der Waals surface area (Å²) < 4.78 is 0. The molecule has 1 aliphatic heterocycles. The maximum Gasteiger partial charge on any atom is 0.259 e. The van der Waals surface area contributed by atoms with Crippen LogP contribution in [0, 0.1) is 0 Å². The number of anilines is 1. The van der Waals surface area contributed by atoms with Crippen LogP contribution in [-0.2, 0) is 0 Å². The first-order chi connectivity index (χ1) is 7.27. The highest BCUT2D eigenvalue weighted by molar-refractivity contribution is 6.02. The van der Waals surface area contributed by atoms with Crippen LogP contribution in [-0.4, -0.2) is 10.2 Å². The number of aromatic nitrogens is 1. The zero-order valence-corrected chi connectivity index (χ0v) is 7.78. The van der Waals surface area contributed by atoms with Crippen LogP contribution in [0.25, 0.3) is 17.0 Å². The molecule has 1 aromatic heterocycles. The van der Waals surface area contributed by atoms with E-state index in [2.05, 4.69) is 10.3 Å². The highest BCUT2D eigenvalue weighted by Crippen LogP contribution is 2.38. The number of nitrogens with one attached hydrogen (secondary N) is 2. The van der Waals surface area contributed by atoms with Crippen LogP contribution in [0.1, 0.15) is 5.56 Å². The van der Waals surface area contributed by atoms with Crippen molar-refractivity contribution in [1.29, 1.82) is 0 Å². The van der Waals surface area contributed by atoms with E-state index in [1.165, 1.54) is 0 Å². The van der Waals surface area contributed by atoms with Gasteiger partial charge in [0.1, 0.15) is 0 Å². The molecule has 0 aliphatic carbocycles. The average Bonchev–Trinajstić information content (AvgIpc) is 2.26. The summed E-state index contributed by atoms with van der Waals surface area (Å²) in [5.41, 5.74) is 2.34. The normalized spacial score (nSPS) is 12.8. The number of benzene rings is 1. The SMILES string of the molecule is Oc1cc2c3c(cc[nH+]c3c1O)NC=C2. The molecule has 0 bridgehead atoms. The van der Waals surface area contributed by atoms with Crippen LogP contribution in [0.5, 0.6) is 11.5 Å². The van der Waals surface area contributed by atoms with Crippen LogP contribution < -0.4 is 10.3 Å². The van der Waals surface area contributed by atoms with E-state index in [1.54, 1.807) is 18.5 Å². The fourth-order valence-electron chi connectivity index (χ4n) is 1.87. The Kier molecular flexibility index (Phi) is 1.42. The Balaban J connectivity index is 2.57. The molecule has 74 valence electrons. The molecule has 3 rings (SSSR count). The van der Waals surface area contributed by atoms with Crippen molar-refractivity contribution in [3.05, 3.63) is 30.1 Å². The fraction of sp³-hybridized carbons (Fsp3) is 0. The van der Waals surface area contributed by atoms with Gasteiger partial charge in [0.25, 0.3) is 5.52 Å². The van der Waals surface area contributed by atoms with Crippen molar-refractivity contribution in [2.24, 2.45) is 0 Å². The van der Waals surface area contributed by atoms with E-state index in [0.717, 1.165) is 16.6 Å². The monoisotopic (exact) mass is 201 g/mol. The lowest BCUT2D eigenvalue weighted by Gasteiger charge is -2.11. The third kappa shape index (κ3) is 0.985. The van der Waals surface area contributed by atoms with Gasteiger partial charge in [0.2, 0.25) is 5.75 Å². The Morgan fingerprint density at radius 3 is 3.00 bits per heavy atom. The van der Waals surface area contributed by atoms with Gasteiger partial charge < -0.3 is 15.5 Å². The summed E-state index contributed by atoms with van der Waals surface area (Å²) in [6.07, 6.45) is 5.36. The lowest BCUT2D eigenvalue weighted by Crippen LogP contribution is -2.07. The van der Waals surface area contributed by atoms with Gasteiger partial charge in [-0.15, -0.1) is 0 Å². The highest BCUT2D eigenvalue weighted by Gasteiger charge is 2.19. The first-order valence-corrected chi connectivity index (χ1v) is 4.60. The molecule has 15 heavy (non-hydrogen) atoms. The molecule has 0 unspecified atom stereocenters. The third-order valence-electron chi connectivity index (χ3n) is 2.56. The number of aromatic amines is 1. The smallest absolute Gasteiger partial charge is 0.259 e. The van der Waals surface area contributed by atoms with Crippen LogP contribution in [0.15, 0.2) is 24.5 Å². The Labute approximate surface area is 85.5 Å². The molecule has 0 atom stereocenters. The minimum absolute atomic E-state index is 0.113. The number of phenolic OH excluding ortho intramolecular Hbond substituents is 2. The van der Waals surface area contributed by atoms with Gasteiger partial charge in [0.05, 0.1) is 11.1 Å². The van der Waals surface area contributed by atoms with E-state index < -0.39 is 0 Å². The number of hydrogen-bond acceptors (Lipinski definition) is 3. The second kappa shape index (κ2) is 2.63. The van der Waals surface area contributed by atoms with Crippen molar-refractivity contribution in [3.63, 3.8) is 0 Å². The van der Waals surface area contributed by atoms with Crippen molar-refractivity contribution in [1.82, 2.24) is 0 Å². The molecule has 4 heteroatoms. The van der Waals surface area contributed by atoms with Crippen LogP contribution in [0.4, 0.5) is 5.69 Å². The molecule has 2 heterocycles. The molecule has 1 aromatic carbocycles. The van der Waals surface area contributed by atoms with Gasteiger partial charge in [-0.1, -0.05) is 0 Å². The van der Waals surface area contributed by atoms with Gasteiger partial charge in [-0.3, -0.25) is 0 Å². The number of pyridine rings is 1. The molecular formula is C11H9N2O2+. The third-order valence-corrected chi connectivity index (χ3v) is 2.56. The van der Waals surface area contributed by atoms with Crippen LogP contribution >= 0.6 is 0 Å². The van der Waals surface area contributed by atoms with E-state index >= 15 is 0 Å². The molecule has 0 saturated heterocycles. The largest absolute Gasteiger partial charge is 0.504 e. The second-order valence-electron chi connectivity index (χ2n) is 3.45. The second-order valence-corrected chi connectivity index (χ2v) is 3.45. The predicted molar refractivity (Wildman–Crippen MR) is 56.5 cm³/mol. The Morgan fingerprint density at radius 1 is 1.27 bits per heavy atom. The van der Waals surface area contributed by atoms with Gasteiger partial charge in [-0.2, -0.15) is 0 Å². The highest BCUT2D eigenvalue weighted by atomic mass is 16.3. The van der Waals surface area contributed by atoms with Crippen LogP contribution in [0.3, 0.4) is 0 Å². The van der Waals surface area contributed by atoms with E-state index in [4.69, 9.17) is 0 Å². The number of phenols is 2. The number of H-pyrrole nitrogens is 1. The lowest BCUT2D eigenvalue weighted by atomic mass is 10.0. The summed E-state index contributed by atoms with van der Waals surface area (Å²) in [6, 6.07) is 3.43. The van der Waals surface area contributed by atoms with Crippen molar-refractivity contribution < 1.29 is 15.2 Å². The van der Waals surface area contributed by atoms with E-state index in [1.807, 2.05) is 12.1 Å². The zero-order chi connectivity index (χ0) is 10.4.